The van der Waals surface area contributed by atoms with Gasteiger partial charge in [0, 0.05) is 11.5 Å². The molecule has 0 aliphatic rings. The van der Waals surface area contributed by atoms with Gasteiger partial charge in [-0.15, -0.1) is 0 Å². The fraction of sp³-hybridized carbons (Fsp3) is 0.647. The molecule has 0 saturated heterocycles. The predicted octanol–water partition coefficient (Wildman–Crippen LogP) is 5.13. The molecule has 0 aromatic heterocycles. The number of allylic oxidation sites excluding steroid dienone is 5. The Kier molecular flexibility index (Phi) is 12.2. The molecular formula is C17H30OS. The van der Waals surface area contributed by atoms with E-state index in [9.17, 15) is 0 Å². The summed E-state index contributed by atoms with van der Waals surface area (Å²) in [6.45, 7) is 9.02. The molecule has 0 fully saturated rings. The molecule has 0 atom stereocenters. The Balaban J connectivity index is 3.77. The maximum absolute atomic E-state index is 8.69. The number of aliphatic hydroxyl groups excluding tert-OH is 1. The zero-order valence-electron chi connectivity index (χ0n) is 13.0. The van der Waals surface area contributed by atoms with Gasteiger partial charge in [0.2, 0.25) is 0 Å². The highest BCUT2D eigenvalue weighted by molar-refractivity contribution is 7.99. The molecule has 0 aromatic rings. The van der Waals surface area contributed by atoms with Gasteiger partial charge in [-0.05, 0) is 53.4 Å². The molecule has 0 saturated carbocycles. The molecule has 110 valence electrons. The number of hydrogen-bond donors (Lipinski definition) is 1. The van der Waals surface area contributed by atoms with Crippen molar-refractivity contribution < 1.29 is 5.11 Å². The molecule has 1 N–H and O–H groups in total. The van der Waals surface area contributed by atoms with E-state index in [-0.39, 0.29) is 6.61 Å². The van der Waals surface area contributed by atoms with Crippen molar-refractivity contribution in [3.8, 4) is 0 Å². The van der Waals surface area contributed by atoms with Crippen LogP contribution in [0, 0.1) is 0 Å². The highest BCUT2D eigenvalue weighted by Crippen LogP contribution is 2.12. The van der Waals surface area contributed by atoms with Gasteiger partial charge in [-0.25, -0.2) is 0 Å². The van der Waals surface area contributed by atoms with Crippen molar-refractivity contribution >= 4 is 11.8 Å². The highest BCUT2D eigenvalue weighted by atomic mass is 32.2. The second-order valence-electron chi connectivity index (χ2n) is 5.26. The first-order valence-corrected chi connectivity index (χ1v) is 8.35. The molecule has 0 rings (SSSR count). The largest absolute Gasteiger partial charge is 0.396 e. The zero-order valence-corrected chi connectivity index (χ0v) is 13.9. The van der Waals surface area contributed by atoms with Crippen molar-refractivity contribution in [3.63, 3.8) is 0 Å². The Labute approximate surface area is 123 Å². The van der Waals surface area contributed by atoms with Gasteiger partial charge in [0.15, 0.2) is 0 Å². The van der Waals surface area contributed by atoms with E-state index in [0.717, 1.165) is 30.8 Å². The summed E-state index contributed by atoms with van der Waals surface area (Å²) in [6, 6.07) is 0. The third-order valence-electron chi connectivity index (χ3n) is 2.91. The maximum Gasteiger partial charge on any atom is 0.0521 e. The van der Waals surface area contributed by atoms with Gasteiger partial charge in [0.25, 0.3) is 0 Å². The van der Waals surface area contributed by atoms with Gasteiger partial charge in [0.1, 0.15) is 0 Å². The monoisotopic (exact) mass is 282 g/mol. The maximum atomic E-state index is 8.69. The molecule has 0 heterocycles. The van der Waals surface area contributed by atoms with Gasteiger partial charge in [-0.1, -0.05) is 34.9 Å². The third-order valence-corrected chi connectivity index (χ3v) is 3.78. The quantitative estimate of drug-likeness (QED) is 0.443. The van der Waals surface area contributed by atoms with E-state index < -0.39 is 0 Å². The first-order valence-electron chi connectivity index (χ1n) is 7.19. The van der Waals surface area contributed by atoms with E-state index in [1.165, 1.54) is 23.1 Å². The van der Waals surface area contributed by atoms with E-state index in [2.05, 4.69) is 45.9 Å². The Morgan fingerprint density at radius 2 is 1.47 bits per heavy atom. The molecule has 0 spiro atoms. The molecule has 1 nitrogen and oxygen atoms in total. The van der Waals surface area contributed by atoms with Crippen LogP contribution in [-0.4, -0.2) is 23.2 Å². The van der Waals surface area contributed by atoms with Crippen molar-refractivity contribution in [2.75, 3.05) is 18.1 Å². The fourth-order valence-electron chi connectivity index (χ4n) is 1.69. The van der Waals surface area contributed by atoms with Crippen LogP contribution in [-0.2, 0) is 0 Å². The van der Waals surface area contributed by atoms with Crippen molar-refractivity contribution in [3.05, 3.63) is 34.9 Å². The number of rotatable bonds is 10. The Morgan fingerprint density at radius 3 is 2.05 bits per heavy atom. The van der Waals surface area contributed by atoms with Crippen LogP contribution < -0.4 is 0 Å². The number of aliphatic hydroxyl groups is 1. The summed E-state index contributed by atoms with van der Waals surface area (Å²) in [5.74, 6) is 1.86. The van der Waals surface area contributed by atoms with Gasteiger partial charge in [-0.3, -0.25) is 0 Å². The summed E-state index contributed by atoms with van der Waals surface area (Å²) in [4.78, 5) is 0. The SMILES string of the molecule is CC(C)=CCCC(C)=CCCC(C)=CCSCCO. The van der Waals surface area contributed by atoms with E-state index in [1.54, 1.807) is 11.8 Å². The molecule has 0 aliphatic heterocycles. The number of thioether (sulfide) groups is 1. The minimum atomic E-state index is 0.283. The van der Waals surface area contributed by atoms with Crippen molar-refractivity contribution in [1.82, 2.24) is 0 Å². The third kappa shape index (κ3) is 13.8. The van der Waals surface area contributed by atoms with Crippen molar-refractivity contribution in [2.45, 2.75) is 53.4 Å². The van der Waals surface area contributed by atoms with Crippen LogP contribution >= 0.6 is 11.8 Å². The second kappa shape index (κ2) is 12.6. The minimum absolute atomic E-state index is 0.283. The Morgan fingerprint density at radius 1 is 0.895 bits per heavy atom. The summed E-state index contributed by atoms with van der Waals surface area (Å²) in [6.07, 6.45) is 11.6. The lowest BCUT2D eigenvalue weighted by Gasteiger charge is -2.01. The highest BCUT2D eigenvalue weighted by Gasteiger charge is 1.92. The summed E-state index contributed by atoms with van der Waals surface area (Å²) >= 11 is 1.79. The molecule has 0 aliphatic carbocycles. The molecular weight excluding hydrogens is 252 g/mol. The molecule has 0 aromatic carbocycles. The van der Waals surface area contributed by atoms with E-state index in [4.69, 9.17) is 5.11 Å². The van der Waals surface area contributed by atoms with Gasteiger partial charge in [-0.2, -0.15) is 11.8 Å². The average Bonchev–Trinajstić information content (AvgIpc) is 2.34. The van der Waals surface area contributed by atoms with Crippen molar-refractivity contribution in [1.29, 1.82) is 0 Å². The lowest BCUT2D eigenvalue weighted by atomic mass is 10.1. The Bertz CT molecular complexity index is 309. The van der Waals surface area contributed by atoms with Crippen LogP contribution in [0.1, 0.15) is 53.4 Å². The van der Waals surface area contributed by atoms with E-state index >= 15 is 0 Å². The molecule has 19 heavy (non-hydrogen) atoms. The average molecular weight is 282 g/mol. The zero-order chi connectivity index (χ0) is 14.5. The first kappa shape index (κ1) is 18.5. The summed E-state index contributed by atoms with van der Waals surface area (Å²) in [5, 5.41) is 8.69. The van der Waals surface area contributed by atoms with Gasteiger partial charge < -0.3 is 5.11 Å². The summed E-state index contributed by atoms with van der Waals surface area (Å²) in [7, 11) is 0. The van der Waals surface area contributed by atoms with Gasteiger partial charge in [0.05, 0.1) is 6.61 Å². The van der Waals surface area contributed by atoms with Crippen LogP contribution in [0.15, 0.2) is 34.9 Å². The lowest BCUT2D eigenvalue weighted by molar-refractivity contribution is 0.322. The fourth-order valence-corrected chi connectivity index (χ4v) is 2.39. The second-order valence-corrected chi connectivity index (χ2v) is 6.41. The minimum Gasteiger partial charge on any atom is -0.396 e. The van der Waals surface area contributed by atoms with E-state index in [0.29, 0.717) is 0 Å². The summed E-state index contributed by atoms with van der Waals surface area (Å²) in [5.41, 5.74) is 4.37. The topological polar surface area (TPSA) is 20.2 Å². The van der Waals surface area contributed by atoms with Crippen LogP contribution in [0.5, 0.6) is 0 Å². The molecule has 2 heteroatoms. The lowest BCUT2D eigenvalue weighted by Crippen LogP contribution is -1.87. The smallest absolute Gasteiger partial charge is 0.0521 e. The molecule has 0 radical (unpaired) electrons. The standard InChI is InChI=1S/C17H30OS/c1-15(2)7-5-8-16(3)9-6-10-17(4)11-13-19-14-12-18/h7,9,11,18H,5-6,8,10,12-14H2,1-4H3. The van der Waals surface area contributed by atoms with Gasteiger partial charge >= 0.3 is 0 Å². The molecule has 0 bridgehead atoms. The predicted molar refractivity (Wildman–Crippen MR) is 89.8 cm³/mol. The Hall–Kier alpha value is -0.470. The summed E-state index contributed by atoms with van der Waals surface area (Å²) < 4.78 is 0. The van der Waals surface area contributed by atoms with Crippen LogP contribution in [0.2, 0.25) is 0 Å². The normalized spacial score (nSPS) is 12.7. The molecule has 0 unspecified atom stereocenters. The van der Waals surface area contributed by atoms with Crippen LogP contribution in [0.4, 0.5) is 0 Å². The molecule has 0 amide bonds. The van der Waals surface area contributed by atoms with Crippen molar-refractivity contribution in [2.24, 2.45) is 0 Å². The first-order chi connectivity index (χ1) is 9.06. The van der Waals surface area contributed by atoms with Crippen LogP contribution in [0.25, 0.3) is 0 Å². The van der Waals surface area contributed by atoms with E-state index in [1.807, 2.05) is 0 Å². The van der Waals surface area contributed by atoms with Crippen LogP contribution in [0.3, 0.4) is 0 Å². The number of hydrogen-bond acceptors (Lipinski definition) is 2.